The van der Waals surface area contributed by atoms with E-state index >= 15 is 0 Å². The van der Waals surface area contributed by atoms with E-state index in [1.165, 1.54) is 0 Å². The first-order valence-corrected chi connectivity index (χ1v) is 22.0. The van der Waals surface area contributed by atoms with Gasteiger partial charge in [-0.1, -0.05) is 48.6 Å². The first-order valence-electron chi connectivity index (χ1n) is 22.0. The molecule has 0 bridgehead atoms. The number of hydrogen-bond acceptors (Lipinski definition) is 15. The molecule has 65 heavy (non-hydrogen) atoms. The monoisotopic (exact) mass is 905 g/mol. The third-order valence-corrected chi connectivity index (χ3v) is 9.08. The van der Waals surface area contributed by atoms with Crippen LogP contribution < -0.4 is 20.1 Å². The van der Waals surface area contributed by atoms with Crippen molar-refractivity contribution in [2.45, 2.75) is 6.10 Å². The van der Waals surface area contributed by atoms with Crippen LogP contribution in [0, 0.1) is 0 Å². The van der Waals surface area contributed by atoms with Gasteiger partial charge in [-0.3, -0.25) is 0 Å². The molecule has 15 nitrogen and oxygen atoms in total. The van der Waals surface area contributed by atoms with Crippen molar-refractivity contribution in [3.63, 3.8) is 0 Å². The number of aromatic nitrogens is 2. The van der Waals surface area contributed by atoms with E-state index in [0.29, 0.717) is 117 Å². The molecular weight excluding hydrogens is 839 g/mol. The maximum atomic E-state index is 12.7. The zero-order valence-corrected chi connectivity index (χ0v) is 37.9. The summed E-state index contributed by atoms with van der Waals surface area (Å²) < 4.78 is 74.3. The van der Waals surface area contributed by atoms with E-state index in [9.17, 15) is 4.39 Å². The van der Waals surface area contributed by atoms with E-state index in [4.69, 9.17) is 52.1 Å². The number of alkyl halides is 1. The van der Waals surface area contributed by atoms with Crippen LogP contribution in [-0.2, 0) is 42.6 Å². The average molecular weight is 906 g/mol. The first-order chi connectivity index (χ1) is 32.1. The summed E-state index contributed by atoms with van der Waals surface area (Å²) >= 11 is 0. The topological polar surface area (TPSA) is 151 Å². The molecule has 0 spiro atoms. The molecule has 0 aliphatic rings. The minimum Gasteiger partial charge on any atom is -0.475 e. The second-order valence-corrected chi connectivity index (χ2v) is 14.0. The molecule has 16 heteroatoms. The highest BCUT2D eigenvalue weighted by atomic mass is 18.2. The Balaban J connectivity index is 0.866. The van der Waals surface area contributed by atoms with Gasteiger partial charge in [-0.05, 0) is 58.7 Å². The van der Waals surface area contributed by atoms with Gasteiger partial charge in [-0.2, -0.15) is 0 Å². The number of nitrogens with zero attached hydrogens (tertiary/aromatic N) is 2. The summed E-state index contributed by atoms with van der Waals surface area (Å²) in [5, 5.41) is 6.22. The molecule has 2 heterocycles. The van der Waals surface area contributed by atoms with E-state index in [0.717, 1.165) is 33.6 Å². The van der Waals surface area contributed by atoms with Crippen molar-refractivity contribution in [1.82, 2.24) is 9.97 Å². The number of halogens is 1. The summed E-state index contributed by atoms with van der Waals surface area (Å²) in [5.74, 6) is 1.09. The highest BCUT2D eigenvalue weighted by molar-refractivity contribution is 5.71. The normalized spacial score (nSPS) is 11.6. The van der Waals surface area contributed by atoms with Crippen LogP contribution >= 0.6 is 0 Å². The van der Waals surface area contributed by atoms with Gasteiger partial charge in [0.1, 0.15) is 26.0 Å². The molecule has 0 saturated carbocycles. The van der Waals surface area contributed by atoms with Gasteiger partial charge in [0.15, 0.2) is 0 Å². The summed E-state index contributed by atoms with van der Waals surface area (Å²) in [5.41, 5.74) is 6.34. The van der Waals surface area contributed by atoms with Gasteiger partial charge in [-0.25, -0.2) is 14.4 Å². The molecule has 0 aliphatic carbocycles. The van der Waals surface area contributed by atoms with Gasteiger partial charge in [0.05, 0.1) is 112 Å². The van der Waals surface area contributed by atoms with Crippen LogP contribution in [0.4, 0.5) is 15.8 Å². The van der Waals surface area contributed by atoms with Crippen LogP contribution in [0.15, 0.2) is 85.2 Å². The maximum absolute atomic E-state index is 12.7. The summed E-state index contributed by atoms with van der Waals surface area (Å²) in [6, 6.07) is 24.0. The Morgan fingerprint density at radius 1 is 0.415 bits per heavy atom. The van der Waals surface area contributed by atoms with Crippen LogP contribution in [0.5, 0.6) is 11.8 Å². The van der Waals surface area contributed by atoms with E-state index in [1.54, 1.807) is 12.4 Å². The molecule has 356 valence electrons. The van der Waals surface area contributed by atoms with Crippen LogP contribution in [0.25, 0.3) is 24.3 Å². The fourth-order valence-electron chi connectivity index (χ4n) is 5.57. The number of rotatable bonds is 39. The quantitative estimate of drug-likeness (QED) is 0.0449. The predicted molar refractivity (Wildman–Crippen MR) is 252 cm³/mol. The zero-order chi connectivity index (χ0) is 45.7. The van der Waals surface area contributed by atoms with Crippen LogP contribution in [-0.4, -0.2) is 162 Å². The van der Waals surface area contributed by atoms with Crippen molar-refractivity contribution in [2.24, 2.45) is 0 Å². The lowest BCUT2D eigenvalue weighted by molar-refractivity contribution is -0.0778. The Kier molecular flexibility index (Phi) is 28.6. The molecule has 2 aromatic carbocycles. The molecule has 0 radical (unpaired) electrons. The fourth-order valence-corrected chi connectivity index (χ4v) is 5.57. The van der Waals surface area contributed by atoms with Crippen molar-refractivity contribution in [2.75, 3.05) is 157 Å². The molecule has 0 saturated heterocycles. The summed E-state index contributed by atoms with van der Waals surface area (Å²) in [4.78, 5) is 8.71. The molecule has 0 fully saturated rings. The van der Waals surface area contributed by atoms with Crippen LogP contribution in [0.1, 0.15) is 22.3 Å². The van der Waals surface area contributed by atoms with Gasteiger partial charge >= 0.3 is 0 Å². The van der Waals surface area contributed by atoms with Crippen molar-refractivity contribution in [3.8, 4) is 11.8 Å². The van der Waals surface area contributed by atoms with Crippen molar-refractivity contribution < 1.29 is 56.5 Å². The largest absolute Gasteiger partial charge is 0.475 e. The SMILES string of the molecule is CNc1ccc(/C=C/c2ccc(OCCOCCOCCOCCOCC(COCCOCCOCCOCCOc3ccc(/C=C/c4ccc(NC)cc4)cn3)OCC[18F])nc2)cc1. The maximum Gasteiger partial charge on any atom is 0.213 e. The summed E-state index contributed by atoms with van der Waals surface area (Å²) in [7, 11) is 3.80. The van der Waals surface area contributed by atoms with Crippen molar-refractivity contribution in [3.05, 3.63) is 107 Å². The van der Waals surface area contributed by atoms with Crippen molar-refractivity contribution >= 4 is 35.7 Å². The number of nitrogens with one attached hydrogen (secondary N) is 2. The van der Waals surface area contributed by atoms with Gasteiger partial charge in [0, 0.05) is 50.0 Å². The minimum absolute atomic E-state index is 0.0263. The van der Waals surface area contributed by atoms with Gasteiger partial charge in [0.25, 0.3) is 0 Å². The van der Waals surface area contributed by atoms with E-state index in [-0.39, 0.29) is 19.8 Å². The second kappa shape index (κ2) is 35.3. The fraction of sp³-hybridized carbons (Fsp3) is 0.469. The standard InChI is InChI=1S/C49H67FN4O11/c1-51-45-13-7-41(8-14-45)3-5-43-11-17-48(53-37-43)64-35-33-59-27-25-55-21-23-57-29-31-61-39-47(63-20-19-50)40-62-32-30-58-24-22-56-26-28-60-34-36-65-49-18-12-44(38-54-49)6-4-42-9-15-46(52-2)16-10-42/h3-18,37-38,47,51-52H,19-36,39-40H2,1-2H3/b5-3+,6-4+/i50-1. The van der Waals surface area contributed by atoms with Gasteiger partial charge < -0.3 is 62.7 Å². The van der Waals surface area contributed by atoms with E-state index < -0.39 is 12.8 Å². The average Bonchev–Trinajstić information content (AvgIpc) is 3.35. The molecule has 0 aliphatic heterocycles. The number of pyridine rings is 2. The zero-order valence-electron chi connectivity index (χ0n) is 37.9. The Bertz CT molecular complexity index is 1680. The lowest BCUT2D eigenvalue weighted by atomic mass is 10.1. The first kappa shape index (κ1) is 52.6. The van der Waals surface area contributed by atoms with Gasteiger partial charge in [0.2, 0.25) is 11.8 Å². The Labute approximate surface area is 383 Å². The number of anilines is 2. The Hall–Kier alpha value is -5.01. The van der Waals surface area contributed by atoms with Crippen LogP contribution in [0.3, 0.4) is 0 Å². The molecular formula is C49H67FN4O11. The number of benzene rings is 2. The molecule has 4 rings (SSSR count). The van der Waals surface area contributed by atoms with E-state index in [1.807, 2.05) is 86.9 Å². The minimum atomic E-state index is -0.585. The smallest absolute Gasteiger partial charge is 0.213 e. The predicted octanol–water partition coefficient (Wildman–Crippen LogP) is 6.85. The van der Waals surface area contributed by atoms with Crippen LogP contribution in [0.2, 0.25) is 0 Å². The molecule has 2 aromatic heterocycles. The summed E-state index contributed by atoms with van der Waals surface area (Å²) in [6.45, 7) is 6.52. The molecule has 2 N–H and O–H groups in total. The Morgan fingerprint density at radius 3 is 1.06 bits per heavy atom. The Morgan fingerprint density at radius 2 is 0.738 bits per heavy atom. The second-order valence-electron chi connectivity index (χ2n) is 14.0. The molecule has 0 unspecified atom stereocenters. The number of hydrogen-bond donors (Lipinski definition) is 2. The third-order valence-electron chi connectivity index (χ3n) is 9.08. The van der Waals surface area contributed by atoms with E-state index in [2.05, 4.69) is 44.9 Å². The molecule has 4 aromatic rings. The molecule has 0 amide bonds. The molecule has 0 atom stereocenters. The summed E-state index contributed by atoms with van der Waals surface area (Å²) in [6.07, 6.45) is 11.3. The number of ether oxygens (including phenoxy) is 11. The van der Waals surface area contributed by atoms with Crippen molar-refractivity contribution in [1.29, 1.82) is 0 Å². The highest BCUT2D eigenvalue weighted by Crippen LogP contribution is 2.15. The lowest BCUT2D eigenvalue weighted by Gasteiger charge is -2.17. The van der Waals surface area contributed by atoms with Gasteiger partial charge in [-0.15, -0.1) is 0 Å². The highest BCUT2D eigenvalue weighted by Gasteiger charge is 2.10. The third kappa shape index (κ3) is 25.3. The lowest BCUT2D eigenvalue weighted by Crippen LogP contribution is -2.28.